The van der Waals surface area contributed by atoms with Gasteiger partial charge in [0.05, 0.1) is 17.3 Å². The van der Waals surface area contributed by atoms with Crippen molar-refractivity contribution < 1.29 is 4.79 Å². The van der Waals surface area contributed by atoms with Crippen molar-refractivity contribution in [1.82, 2.24) is 0 Å². The maximum Gasteiger partial charge on any atom is 0.256 e. The summed E-state index contributed by atoms with van der Waals surface area (Å²) in [5.41, 5.74) is 9.73. The Labute approximate surface area is 127 Å². The van der Waals surface area contributed by atoms with Crippen LogP contribution < -0.4 is 10.7 Å². The van der Waals surface area contributed by atoms with Crippen molar-refractivity contribution in [3.8, 4) is 0 Å². The van der Waals surface area contributed by atoms with Crippen LogP contribution in [0.3, 0.4) is 0 Å². The number of hydrogen-bond donors (Lipinski definition) is 1. The number of anilines is 1. The molecule has 0 fully saturated rings. The lowest BCUT2D eigenvalue weighted by atomic mass is 9.90. The molecule has 0 spiro atoms. The van der Waals surface area contributed by atoms with E-state index in [1.807, 2.05) is 26.0 Å². The number of carbonyl (C=O) groups is 1. The van der Waals surface area contributed by atoms with E-state index in [2.05, 4.69) is 25.0 Å². The van der Waals surface area contributed by atoms with Crippen molar-refractivity contribution in [1.29, 1.82) is 0 Å². The lowest BCUT2D eigenvalue weighted by Gasteiger charge is -2.16. The molecule has 0 aromatic heterocycles. The maximum absolute atomic E-state index is 12.7. The smallest absolute Gasteiger partial charge is 0.256 e. The van der Waals surface area contributed by atoms with Crippen molar-refractivity contribution in [2.75, 3.05) is 11.6 Å². The molecule has 1 aromatic rings. The quantitative estimate of drug-likeness (QED) is 0.905. The second-order valence-electron chi connectivity index (χ2n) is 6.16. The van der Waals surface area contributed by atoms with E-state index in [1.165, 1.54) is 0 Å². The molecule has 1 aromatic carbocycles. The van der Waals surface area contributed by atoms with Crippen molar-refractivity contribution in [2.45, 2.75) is 40.5 Å². The zero-order valence-corrected chi connectivity index (χ0v) is 13.4. The fourth-order valence-electron chi connectivity index (χ4n) is 2.88. The first-order valence-electron chi connectivity index (χ1n) is 7.64. The lowest BCUT2D eigenvalue weighted by Crippen LogP contribution is -2.29. The average molecular weight is 287 g/mol. The van der Waals surface area contributed by atoms with Gasteiger partial charge in [0.2, 0.25) is 0 Å². The SMILES string of the molecule is Cc1cc(C)cc(N2N=C(C(C)C)C(CCCN)C2=O)c1. The molecule has 0 aliphatic carbocycles. The van der Waals surface area contributed by atoms with Crippen molar-refractivity contribution >= 4 is 17.3 Å². The predicted molar refractivity (Wildman–Crippen MR) is 87.5 cm³/mol. The van der Waals surface area contributed by atoms with Gasteiger partial charge in [0.15, 0.2) is 0 Å². The van der Waals surface area contributed by atoms with Gasteiger partial charge < -0.3 is 5.73 Å². The number of aryl methyl sites for hydroxylation is 2. The van der Waals surface area contributed by atoms with Gasteiger partial charge in [0.25, 0.3) is 5.91 Å². The number of nitrogens with zero attached hydrogens (tertiary/aromatic N) is 2. The first kappa shape index (κ1) is 15.7. The van der Waals surface area contributed by atoms with Gasteiger partial charge in [-0.05, 0) is 62.4 Å². The third-order valence-corrected chi connectivity index (χ3v) is 3.82. The van der Waals surface area contributed by atoms with Crippen LogP contribution in [-0.2, 0) is 4.79 Å². The number of amides is 1. The van der Waals surface area contributed by atoms with Gasteiger partial charge in [-0.1, -0.05) is 19.9 Å². The number of carbonyl (C=O) groups excluding carboxylic acids is 1. The molecular weight excluding hydrogens is 262 g/mol. The third-order valence-electron chi connectivity index (χ3n) is 3.82. The normalized spacial score (nSPS) is 18.6. The predicted octanol–water partition coefficient (Wildman–Crippen LogP) is 3.02. The molecule has 0 saturated heterocycles. The topological polar surface area (TPSA) is 58.7 Å². The summed E-state index contributed by atoms with van der Waals surface area (Å²) < 4.78 is 0. The summed E-state index contributed by atoms with van der Waals surface area (Å²) in [4.78, 5) is 12.7. The van der Waals surface area contributed by atoms with Crippen molar-refractivity contribution in [2.24, 2.45) is 22.7 Å². The van der Waals surface area contributed by atoms with E-state index in [0.29, 0.717) is 6.54 Å². The highest BCUT2D eigenvalue weighted by atomic mass is 16.2. The Kier molecular flexibility index (Phi) is 4.78. The molecule has 2 rings (SSSR count). The van der Waals surface area contributed by atoms with Gasteiger partial charge >= 0.3 is 0 Å². The molecule has 4 nitrogen and oxygen atoms in total. The lowest BCUT2D eigenvalue weighted by molar-refractivity contribution is -0.119. The van der Waals surface area contributed by atoms with Crippen LogP contribution in [0.1, 0.15) is 37.8 Å². The second kappa shape index (κ2) is 6.39. The Balaban J connectivity index is 2.34. The molecule has 4 heteroatoms. The van der Waals surface area contributed by atoms with E-state index in [9.17, 15) is 4.79 Å². The highest BCUT2D eigenvalue weighted by molar-refractivity contribution is 6.16. The second-order valence-corrected chi connectivity index (χ2v) is 6.16. The first-order chi connectivity index (χ1) is 9.93. The van der Waals surface area contributed by atoms with E-state index in [4.69, 9.17) is 5.73 Å². The summed E-state index contributed by atoms with van der Waals surface area (Å²) >= 11 is 0. The molecule has 0 saturated carbocycles. The molecule has 0 radical (unpaired) electrons. The van der Waals surface area contributed by atoms with E-state index in [-0.39, 0.29) is 17.7 Å². The molecule has 1 heterocycles. The van der Waals surface area contributed by atoms with Crippen LogP contribution in [0.25, 0.3) is 0 Å². The standard InChI is InChI=1S/C17H25N3O/c1-11(2)16-15(6-5-7-18)17(21)20(19-16)14-9-12(3)8-13(4)10-14/h8-11,15H,5-7,18H2,1-4H3. The summed E-state index contributed by atoms with van der Waals surface area (Å²) in [7, 11) is 0. The zero-order chi connectivity index (χ0) is 15.6. The number of nitrogens with two attached hydrogens (primary N) is 1. The van der Waals surface area contributed by atoms with Gasteiger partial charge in [-0.2, -0.15) is 5.10 Å². The molecule has 1 amide bonds. The Bertz CT molecular complexity index is 543. The summed E-state index contributed by atoms with van der Waals surface area (Å²) in [6, 6.07) is 6.12. The summed E-state index contributed by atoms with van der Waals surface area (Å²) in [5, 5.41) is 6.19. The number of rotatable bonds is 5. The van der Waals surface area contributed by atoms with Crippen LogP contribution in [0.15, 0.2) is 23.3 Å². The molecule has 0 bridgehead atoms. The van der Waals surface area contributed by atoms with Crippen LogP contribution in [-0.4, -0.2) is 18.2 Å². The number of hydrogen-bond acceptors (Lipinski definition) is 3. The van der Waals surface area contributed by atoms with Gasteiger partial charge in [-0.25, -0.2) is 5.01 Å². The van der Waals surface area contributed by atoms with Gasteiger partial charge in [0.1, 0.15) is 0 Å². The summed E-state index contributed by atoms with van der Waals surface area (Å²) in [6.45, 7) is 8.86. The van der Waals surface area contributed by atoms with Gasteiger partial charge in [-0.3, -0.25) is 4.79 Å². The van der Waals surface area contributed by atoms with Crippen LogP contribution in [0.2, 0.25) is 0 Å². The molecule has 1 unspecified atom stereocenters. The van der Waals surface area contributed by atoms with Crippen molar-refractivity contribution in [3.63, 3.8) is 0 Å². The van der Waals surface area contributed by atoms with E-state index >= 15 is 0 Å². The fraction of sp³-hybridized carbons (Fsp3) is 0.529. The number of hydrazone groups is 1. The van der Waals surface area contributed by atoms with E-state index in [0.717, 1.165) is 35.4 Å². The molecular formula is C17H25N3O. The Hall–Kier alpha value is -1.68. The van der Waals surface area contributed by atoms with Gasteiger partial charge in [0, 0.05) is 0 Å². The molecule has 1 atom stereocenters. The Morgan fingerprint density at radius 1 is 1.24 bits per heavy atom. The minimum absolute atomic E-state index is 0.0807. The zero-order valence-electron chi connectivity index (χ0n) is 13.4. The van der Waals surface area contributed by atoms with E-state index in [1.54, 1.807) is 5.01 Å². The Morgan fingerprint density at radius 3 is 2.38 bits per heavy atom. The molecule has 2 N–H and O–H groups in total. The Morgan fingerprint density at radius 2 is 1.86 bits per heavy atom. The first-order valence-corrected chi connectivity index (χ1v) is 7.64. The van der Waals surface area contributed by atoms with Crippen LogP contribution in [0.5, 0.6) is 0 Å². The average Bonchev–Trinajstić information content (AvgIpc) is 2.72. The molecule has 21 heavy (non-hydrogen) atoms. The molecule has 114 valence electrons. The monoisotopic (exact) mass is 287 g/mol. The highest BCUT2D eigenvalue weighted by Gasteiger charge is 2.37. The fourth-order valence-corrected chi connectivity index (χ4v) is 2.88. The minimum Gasteiger partial charge on any atom is -0.330 e. The van der Waals surface area contributed by atoms with Gasteiger partial charge in [-0.15, -0.1) is 0 Å². The molecule has 1 aliphatic rings. The minimum atomic E-state index is -0.116. The summed E-state index contributed by atoms with van der Waals surface area (Å²) in [6.07, 6.45) is 1.64. The van der Waals surface area contributed by atoms with E-state index < -0.39 is 0 Å². The molecule has 1 aliphatic heterocycles. The largest absolute Gasteiger partial charge is 0.330 e. The number of benzene rings is 1. The summed E-state index contributed by atoms with van der Waals surface area (Å²) in [5.74, 6) is 0.235. The maximum atomic E-state index is 12.7. The third kappa shape index (κ3) is 3.32. The highest BCUT2D eigenvalue weighted by Crippen LogP contribution is 2.30. The van der Waals surface area contributed by atoms with Crippen LogP contribution >= 0.6 is 0 Å². The van der Waals surface area contributed by atoms with Crippen LogP contribution in [0, 0.1) is 25.7 Å². The van der Waals surface area contributed by atoms with Crippen molar-refractivity contribution in [3.05, 3.63) is 29.3 Å². The van der Waals surface area contributed by atoms with Crippen LogP contribution in [0.4, 0.5) is 5.69 Å².